The minimum Gasteiger partial charge on any atom is -0.361 e. The molecule has 0 aliphatic carbocycles. The number of aromatic nitrogens is 1. The minimum atomic E-state index is -0.0510. The monoisotopic (exact) mass is 253 g/mol. The molecule has 1 fully saturated rings. The first-order valence-electron chi connectivity index (χ1n) is 6.37. The summed E-state index contributed by atoms with van der Waals surface area (Å²) < 4.78 is 5.19. The zero-order chi connectivity index (χ0) is 13.4. The molecule has 4 nitrogen and oxygen atoms in total. The maximum absolute atomic E-state index is 8.96. The van der Waals surface area contributed by atoms with Crippen molar-refractivity contribution in [1.82, 2.24) is 10.5 Å². The Morgan fingerprint density at radius 1 is 1.32 bits per heavy atom. The van der Waals surface area contributed by atoms with Crippen molar-refractivity contribution >= 4 is 0 Å². The van der Waals surface area contributed by atoms with E-state index in [0.717, 1.165) is 29.1 Å². The second-order valence-corrected chi connectivity index (χ2v) is 4.94. The SMILES string of the molecule is Cc1noc(C)c1-c1ccc(C2CNC2C#N)cc1. The quantitative estimate of drug-likeness (QED) is 0.893. The van der Waals surface area contributed by atoms with E-state index in [-0.39, 0.29) is 6.04 Å². The molecule has 0 radical (unpaired) electrons. The van der Waals surface area contributed by atoms with Crippen molar-refractivity contribution in [2.24, 2.45) is 0 Å². The van der Waals surface area contributed by atoms with Crippen LogP contribution in [-0.2, 0) is 0 Å². The van der Waals surface area contributed by atoms with Crippen LogP contribution in [0.4, 0.5) is 0 Å². The van der Waals surface area contributed by atoms with E-state index in [4.69, 9.17) is 9.78 Å². The summed E-state index contributed by atoms with van der Waals surface area (Å²) in [5.41, 5.74) is 4.29. The van der Waals surface area contributed by atoms with Crippen LogP contribution in [0.1, 0.15) is 22.9 Å². The maximum Gasteiger partial charge on any atom is 0.141 e. The molecule has 0 spiro atoms. The van der Waals surface area contributed by atoms with Crippen LogP contribution in [0.5, 0.6) is 0 Å². The number of rotatable bonds is 2. The fourth-order valence-corrected chi connectivity index (χ4v) is 2.59. The summed E-state index contributed by atoms with van der Waals surface area (Å²) in [6, 6.07) is 10.6. The minimum absolute atomic E-state index is 0.0510. The normalized spacial score (nSPS) is 21.7. The first-order chi connectivity index (χ1) is 9.20. The molecular formula is C15H15N3O. The third-order valence-electron chi connectivity index (χ3n) is 3.76. The first kappa shape index (κ1) is 11.9. The molecule has 1 N–H and O–H groups in total. The summed E-state index contributed by atoms with van der Waals surface area (Å²) in [5.74, 6) is 1.15. The molecule has 0 bridgehead atoms. The Balaban J connectivity index is 1.90. The summed E-state index contributed by atoms with van der Waals surface area (Å²) in [6.07, 6.45) is 0. The number of aryl methyl sites for hydroxylation is 2. The lowest BCUT2D eigenvalue weighted by molar-refractivity contribution is 0.374. The molecule has 2 atom stereocenters. The van der Waals surface area contributed by atoms with E-state index in [9.17, 15) is 0 Å². The molecule has 1 aromatic heterocycles. The van der Waals surface area contributed by atoms with Crippen molar-refractivity contribution in [3.8, 4) is 17.2 Å². The van der Waals surface area contributed by atoms with Crippen LogP contribution >= 0.6 is 0 Å². The highest BCUT2D eigenvalue weighted by molar-refractivity contribution is 5.67. The Morgan fingerprint density at radius 3 is 2.53 bits per heavy atom. The van der Waals surface area contributed by atoms with Gasteiger partial charge >= 0.3 is 0 Å². The zero-order valence-electron chi connectivity index (χ0n) is 11.0. The van der Waals surface area contributed by atoms with Crippen LogP contribution in [0.15, 0.2) is 28.8 Å². The molecule has 1 aromatic carbocycles. The Hall–Kier alpha value is -2.12. The summed E-state index contributed by atoms with van der Waals surface area (Å²) in [5, 5.41) is 16.1. The van der Waals surface area contributed by atoms with Gasteiger partial charge in [-0.2, -0.15) is 5.26 Å². The highest BCUT2D eigenvalue weighted by atomic mass is 16.5. The molecule has 1 saturated heterocycles. The summed E-state index contributed by atoms with van der Waals surface area (Å²) in [6.45, 7) is 4.75. The standard InChI is InChI=1S/C15H15N3O/c1-9-15(10(2)19-18-9)12-5-3-11(4-6-12)13-8-17-14(13)7-16/h3-6,13-14,17H,8H2,1-2H3. The Labute approximate surface area is 112 Å². The fourth-order valence-electron chi connectivity index (χ4n) is 2.59. The number of benzene rings is 1. The third kappa shape index (κ3) is 1.92. The average molecular weight is 253 g/mol. The van der Waals surface area contributed by atoms with E-state index in [2.05, 4.69) is 40.8 Å². The van der Waals surface area contributed by atoms with Crippen molar-refractivity contribution in [2.75, 3.05) is 6.54 Å². The predicted molar refractivity (Wildman–Crippen MR) is 71.6 cm³/mol. The number of nitrogens with zero attached hydrogens (tertiary/aromatic N) is 2. The lowest BCUT2D eigenvalue weighted by Gasteiger charge is -2.33. The molecule has 2 heterocycles. The molecule has 4 heteroatoms. The maximum atomic E-state index is 8.96. The van der Waals surface area contributed by atoms with Gasteiger partial charge in [0.2, 0.25) is 0 Å². The summed E-state index contributed by atoms with van der Waals surface area (Å²) >= 11 is 0. The molecule has 96 valence electrons. The van der Waals surface area contributed by atoms with Crippen LogP contribution in [0.3, 0.4) is 0 Å². The number of hydrogen-bond acceptors (Lipinski definition) is 4. The van der Waals surface area contributed by atoms with Gasteiger partial charge in [-0.1, -0.05) is 29.4 Å². The van der Waals surface area contributed by atoms with Crippen molar-refractivity contribution in [1.29, 1.82) is 5.26 Å². The molecule has 0 saturated carbocycles. The average Bonchev–Trinajstić information content (AvgIpc) is 2.70. The molecule has 19 heavy (non-hydrogen) atoms. The Bertz CT molecular complexity index is 617. The van der Waals surface area contributed by atoms with Gasteiger partial charge in [-0.05, 0) is 25.0 Å². The van der Waals surface area contributed by atoms with Crippen molar-refractivity contribution in [3.05, 3.63) is 41.3 Å². The van der Waals surface area contributed by atoms with Crippen LogP contribution < -0.4 is 5.32 Å². The smallest absolute Gasteiger partial charge is 0.141 e. The van der Waals surface area contributed by atoms with Gasteiger partial charge in [-0.3, -0.25) is 0 Å². The van der Waals surface area contributed by atoms with Crippen molar-refractivity contribution in [3.63, 3.8) is 0 Å². The van der Waals surface area contributed by atoms with Gasteiger partial charge < -0.3 is 9.84 Å². The lowest BCUT2D eigenvalue weighted by Crippen LogP contribution is -2.49. The molecular weight excluding hydrogens is 238 g/mol. The van der Waals surface area contributed by atoms with E-state index < -0.39 is 0 Å². The van der Waals surface area contributed by atoms with Crippen molar-refractivity contribution < 1.29 is 4.52 Å². The number of hydrogen-bond donors (Lipinski definition) is 1. The van der Waals surface area contributed by atoms with Gasteiger partial charge in [0.15, 0.2) is 0 Å². The van der Waals surface area contributed by atoms with Gasteiger partial charge in [-0.15, -0.1) is 0 Å². The number of nitriles is 1. The fraction of sp³-hybridized carbons (Fsp3) is 0.333. The van der Waals surface area contributed by atoms with Gasteiger partial charge in [0, 0.05) is 18.0 Å². The van der Waals surface area contributed by atoms with Gasteiger partial charge in [0.25, 0.3) is 0 Å². The van der Waals surface area contributed by atoms with Crippen LogP contribution in [-0.4, -0.2) is 17.7 Å². The van der Waals surface area contributed by atoms with E-state index in [1.165, 1.54) is 5.56 Å². The predicted octanol–water partition coefficient (Wildman–Crippen LogP) is 2.54. The molecule has 2 aromatic rings. The lowest BCUT2D eigenvalue weighted by atomic mass is 9.85. The Morgan fingerprint density at radius 2 is 2.05 bits per heavy atom. The number of nitrogens with one attached hydrogen (secondary N) is 1. The summed E-state index contributed by atoms with van der Waals surface area (Å²) in [7, 11) is 0. The molecule has 1 aliphatic heterocycles. The summed E-state index contributed by atoms with van der Waals surface area (Å²) in [4.78, 5) is 0. The van der Waals surface area contributed by atoms with E-state index in [1.807, 2.05) is 13.8 Å². The van der Waals surface area contributed by atoms with Crippen LogP contribution in [0.2, 0.25) is 0 Å². The van der Waals surface area contributed by atoms with E-state index >= 15 is 0 Å². The third-order valence-corrected chi connectivity index (χ3v) is 3.76. The molecule has 3 rings (SSSR count). The van der Waals surface area contributed by atoms with E-state index in [1.54, 1.807) is 0 Å². The second-order valence-electron chi connectivity index (χ2n) is 4.94. The zero-order valence-corrected chi connectivity index (χ0v) is 11.0. The topological polar surface area (TPSA) is 61.9 Å². The van der Waals surface area contributed by atoms with Gasteiger partial charge in [-0.25, -0.2) is 0 Å². The molecule has 1 aliphatic rings. The molecule has 2 unspecified atom stereocenters. The van der Waals surface area contributed by atoms with Gasteiger partial charge in [0.1, 0.15) is 11.8 Å². The largest absolute Gasteiger partial charge is 0.361 e. The highest BCUT2D eigenvalue weighted by Gasteiger charge is 2.31. The van der Waals surface area contributed by atoms with Crippen LogP contribution in [0, 0.1) is 25.2 Å². The first-order valence-corrected chi connectivity index (χ1v) is 6.37. The second kappa shape index (κ2) is 4.52. The van der Waals surface area contributed by atoms with E-state index in [0.29, 0.717) is 5.92 Å². The highest BCUT2D eigenvalue weighted by Crippen LogP contribution is 2.30. The van der Waals surface area contributed by atoms with Crippen LogP contribution in [0.25, 0.3) is 11.1 Å². The molecule has 0 amide bonds. The van der Waals surface area contributed by atoms with Gasteiger partial charge in [0.05, 0.1) is 11.8 Å². The Kier molecular flexibility index (Phi) is 2.84. The van der Waals surface area contributed by atoms with Crippen molar-refractivity contribution in [2.45, 2.75) is 25.8 Å².